The van der Waals surface area contributed by atoms with Crippen molar-refractivity contribution in [3.8, 4) is 0 Å². The second-order valence-electron chi connectivity index (χ2n) is 7.69. The lowest BCUT2D eigenvalue weighted by molar-refractivity contribution is 0.0515. The average molecular weight is 312 g/mol. The number of tetrazole rings is 1. The minimum Gasteiger partial charge on any atom is -0.444 e. The van der Waals surface area contributed by atoms with Gasteiger partial charge in [0.2, 0.25) is 0 Å². The van der Waals surface area contributed by atoms with E-state index < -0.39 is 17.1 Å². The van der Waals surface area contributed by atoms with Crippen molar-refractivity contribution in [2.75, 3.05) is 13.1 Å². The summed E-state index contributed by atoms with van der Waals surface area (Å²) in [6.07, 6.45) is -0.490. The van der Waals surface area contributed by atoms with Gasteiger partial charge in [0, 0.05) is 13.1 Å². The zero-order chi connectivity index (χ0) is 17.2. The highest BCUT2D eigenvalue weighted by molar-refractivity contribution is 5.67. The fraction of sp³-hybridized carbons (Fsp3) is 0.857. The third kappa shape index (κ3) is 4.94. The molecule has 8 heteroatoms. The van der Waals surface area contributed by atoms with E-state index in [0.29, 0.717) is 5.82 Å². The predicted molar refractivity (Wildman–Crippen MR) is 83.5 cm³/mol. The van der Waals surface area contributed by atoms with Gasteiger partial charge in [0.25, 0.3) is 0 Å². The van der Waals surface area contributed by atoms with Crippen molar-refractivity contribution in [2.24, 2.45) is 5.73 Å². The molecule has 1 heterocycles. The first-order valence-electron chi connectivity index (χ1n) is 7.35. The summed E-state index contributed by atoms with van der Waals surface area (Å²) in [4.78, 5) is 13.3. The summed E-state index contributed by atoms with van der Waals surface area (Å²) in [6, 6.07) is 0. The first kappa shape index (κ1) is 18.3. The van der Waals surface area contributed by atoms with Crippen LogP contribution in [0.3, 0.4) is 0 Å². The van der Waals surface area contributed by atoms with Crippen molar-refractivity contribution >= 4 is 6.09 Å². The van der Waals surface area contributed by atoms with Gasteiger partial charge in [-0.25, -0.2) is 4.79 Å². The fourth-order valence-electron chi connectivity index (χ4n) is 1.56. The smallest absolute Gasteiger partial charge is 0.407 e. The third-order valence-electron chi connectivity index (χ3n) is 3.03. The lowest BCUT2D eigenvalue weighted by Crippen LogP contribution is -2.46. The number of nitrogens with two attached hydrogens (primary N) is 1. The standard InChI is InChI=1S/C14H28N6O2/c1-12(2,3)20-18-10(17-19-20)14(7,8-15)9-16-11(21)22-13(4,5)6/h8-9,15H2,1-7H3,(H,16,21). The molecule has 1 amide bonds. The summed E-state index contributed by atoms with van der Waals surface area (Å²) in [5, 5.41) is 15.3. The van der Waals surface area contributed by atoms with Crippen LogP contribution in [-0.2, 0) is 15.7 Å². The first-order chi connectivity index (χ1) is 9.87. The number of nitrogens with zero attached hydrogens (tertiary/aromatic N) is 4. The summed E-state index contributed by atoms with van der Waals surface area (Å²) in [5.41, 5.74) is 4.44. The van der Waals surface area contributed by atoms with E-state index >= 15 is 0 Å². The minimum absolute atomic E-state index is 0.265. The maximum absolute atomic E-state index is 11.8. The van der Waals surface area contributed by atoms with Crippen LogP contribution in [0.25, 0.3) is 0 Å². The number of aromatic nitrogens is 4. The van der Waals surface area contributed by atoms with Gasteiger partial charge in [-0.1, -0.05) is 0 Å². The Bertz CT molecular complexity index is 514. The molecule has 22 heavy (non-hydrogen) atoms. The zero-order valence-electron chi connectivity index (χ0n) is 14.6. The van der Waals surface area contributed by atoms with E-state index in [0.717, 1.165) is 0 Å². The van der Waals surface area contributed by atoms with Gasteiger partial charge in [-0.3, -0.25) is 0 Å². The molecule has 0 saturated carbocycles. The lowest BCUT2D eigenvalue weighted by atomic mass is 9.90. The van der Waals surface area contributed by atoms with Gasteiger partial charge in [-0.05, 0) is 53.7 Å². The van der Waals surface area contributed by atoms with E-state index in [2.05, 4.69) is 20.7 Å². The van der Waals surface area contributed by atoms with E-state index in [9.17, 15) is 4.79 Å². The molecule has 1 aromatic heterocycles. The van der Waals surface area contributed by atoms with E-state index in [1.54, 1.807) is 4.80 Å². The first-order valence-corrected chi connectivity index (χ1v) is 7.35. The second kappa shape index (κ2) is 6.20. The molecule has 0 aliphatic heterocycles. The Kier molecular flexibility index (Phi) is 5.17. The molecule has 0 spiro atoms. The number of hydrogen-bond donors (Lipinski definition) is 2. The van der Waals surface area contributed by atoms with Gasteiger partial charge in [0.1, 0.15) is 5.60 Å². The van der Waals surface area contributed by atoms with Gasteiger partial charge in [-0.15, -0.1) is 10.2 Å². The minimum atomic E-state index is -0.611. The molecule has 0 aromatic carbocycles. The Balaban J connectivity index is 2.80. The van der Waals surface area contributed by atoms with Crippen LogP contribution in [0.5, 0.6) is 0 Å². The molecule has 126 valence electrons. The van der Waals surface area contributed by atoms with Crippen LogP contribution in [0.4, 0.5) is 4.79 Å². The molecule has 1 unspecified atom stereocenters. The van der Waals surface area contributed by atoms with Crippen molar-refractivity contribution in [1.82, 2.24) is 25.5 Å². The van der Waals surface area contributed by atoms with Crippen LogP contribution in [0.15, 0.2) is 0 Å². The van der Waals surface area contributed by atoms with Crippen LogP contribution in [0, 0.1) is 0 Å². The van der Waals surface area contributed by atoms with Crippen molar-refractivity contribution in [1.29, 1.82) is 0 Å². The Hall–Kier alpha value is -1.70. The van der Waals surface area contributed by atoms with Crippen LogP contribution in [0.1, 0.15) is 54.3 Å². The number of rotatable bonds is 4. The second-order valence-corrected chi connectivity index (χ2v) is 7.69. The average Bonchev–Trinajstić information content (AvgIpc) is 2.83. The lowest BCUT2D eigenvalue weighted by Gasteiger charge is -2.26. The predicted octanol–water partition coefficient (Wildman–Crippen LogP) is 1.17. The maximum atomic E-state index is 11.8. The van der Waals surface area contributed by atoms with Crippen LogP contribution < -0.4 is 11.1 Å². The molecule has 1 rings (SSSR count). The highest BCUT2D eigenvalue weighted by Crippen LogP contribution is 2.19. The van der Waals surface area contributed by atoms with Crippen LogP contribution >= 0.6 is 0 Å². The molecule has 1 aromatic rings. The molecule has 0 bridgehead atoms. The summed E-state index contributed by atoms with van der Waals surface area (Å²) in [6.45, 7) is 13.8. The number of ether oxygens (including phenoxy) is 1. The highest BCUT2D eigenvalue weighted by atomic mass is 16.6. The van der Waals surface area contributed by atoms with Crippen LogP contribution in [-0.4, -0.2) is 45.0 Å². The molecular weight excluding hydrogens is 284 g/mol. The number of amides is 1. The number of carbonyl (C=O) groups excluding carboxylic acids is 1. The quantitative estimate of drug-likeness (QED) is 0.864. The monoisotopic (exact) mass is 312 g/mol. The Morgan fingerprint density at radius 3 is 2.23 bits per heavy atom. The number of carbonyl (C=O) groups is 1. The van der Waals surface area contributed by atoms with Gasteiger partial charge >= 0.3 is 6.09 Å². The van der Waals surface area contributed by atoms with Gasteiger partial charge in [-0.2, -0.15) is 4.80 Å². The topological polar surface area (TPSA) is 108 Å². The van der Waals surface area contributed by atoms with Gasteiger partial charge in [0.05, 0.1) is 11.0 Å². The zero-order valence-corrected chi connectivity index (χ0v) is 14.6. The number of alkyl carbamates (subject to hydrolysis) is 1. The molecule has 0 aliphatic carbocycles. The molecule has 1 atom stereocenters. The largest absolute Gasteiger partial charge is 0.444 e. The van der Waals surface area contributed by atoms with E-state index in [4.69, 9.17) is 10.5 Å². The molecule has 0 radical (unpaired) electrons. The van der Waals surface area contributed by atoms with Crippen molar-refractivity contribution in [3.05, 3.63) is 5.82 Å². The molecule has 0 saturated heterocycles. The molecule has 0 aliphatic rings. The Morgan fingerprint density at radius 1 is 1.23 bits per heavy atom. The van der Waals surface area contributed by atoms with E-state index in [-0.39, 0.29) is 18.6 Å². The van der Waals surface area contributed by atoms with Gasteiger partial charge < -0.3 is 15.8 Å². The fourth-order valence-corrected chi connectivity index (χ4v) is 1.56. The third-order valence-corrected chi connectivity index (χ3v) is 3.03. The normalized spacial score (nSPS) is 15.3. The summed E-state index contributed by atoms with van der Waals surface area (Å²) in [5.74, 6) is 0.501. The Labute approximate surface area is 131 Å². The van der Waals surface area contributed by atoms with Crippen molar-refractivity contribution in [3.63, 3.8) is 0 Å². The molecule has 3 N–H and O–H groups in total. The Morgan fingerprint density at radius 2 is 1.82 bits per heavy atom. The van der Waals surface area contributed by atoms with E-state index in [1.807, 2.05) is 48.5 Å². The van der Waals surface area contributed by atoms with Crippen molar-refractivity contribution in [2.45, 2.75) is 65.0 Å². The summed E-state index contributed by atoms with van der Waals surface area (Å²) >= 11 is 0. The van der Waals surface area contributed by atoms with Gasteiger partial charge in [0.15, 0.2) is 5.82 Å². The summed E-state index contributed by atoms with van der Waals surface area (Å²) in [7, 11) is 0. The molecular formula is C14H28N6O2. The molecule has 0 fully saturated rings. The summed E-state index contributed by atoms with van der Waals surface area (Å²) < 4.78 is 5.22. The highest BCUT2D eigenvalue weighted by Gasteiger charge is 2.33. The maximum Gasteiger partial charge on any atom is 0.407 e. The number of nitrogens with one attached hydrogen (secondary N) is 1. The molecule has 8 nitrogen and oxygen atoms in total. The van der Waals surface area contributed by atoms with Crippen molar-refractivity contribution < 1.29 is 9.53 Å². The van der Waals surface area contributed by atoms with E-state index in [1.165, 1.54) is 0 Å². The SMILES string of the molecule is CC(C)(C)OC(=O)NCC(C)(CN)c1nnn(C(C)(C)C)n1. The number of hydrogen-bond acceptors (Lipinski definition) is 6. The van der Waals surface area contributed by atoms with Crippen LogP contribution in [0.2, 0.25) is 0 Å².